The summed E-state index contributed by atoms with van der Waals surface area (Å²) in [6.45, 7) is 0.518. The van der Waals surface area contributed by atoms with Gasteiger partial charge < -0.3 is 15.3 Å². The van der Waals surface area contributed by atoms with Crippen molar-refractivity contribution in [2.24, 2.45) is 0 Å². The molecule has 0 radical (unpaired) electrons. The van der Waals surface area contributed by atoms with Gasteiger partial charge in [-0.2, -0.15) is 0 Å². The average molecular weight is 284 g/mol. The third-order valence-corrected chi connectivity index (χ3v) is 3.24. The second-order valence-electron chi connectivity index (χ2n) is 5.18. The summed E-state index contributed by atoms with van der Waals surface area (Å²) in [5.74, 6) is 0.178. The Morgan fingerprint density at radius 2 is 1.57 bits per heavy atom. The van der Waals surface area contributed by atoms with Crippen LogP contribution in [0.25, 0.3) is 0 Å². The Morgan fingerprint density at radius 3 is 2.14 bits per heavy atom. The molecule has 4 nitrogen and oxygen atoms in total. The lowest BCUT2D eigenvalue weighted by Gasteiger charge is -2.13. The highest BCUT2D eigenvalue weighted by atomic mass is 16.3. The van der Waals surface area contributed by atoms with Crippen molar-refractivity contribution >= 4 is 11.6 Å². The molecule has 0 aliphatic carbocycles. The van der Waals surface area contributed by atoms with Crippen LogP contribution in [0.3, 0.4) is 0 Å². The number of carbonyl (C=O) groups excluding carboxylic acids is 1. The number of hydrogen-bond acceptors (Lipinski definition) is 3. The van der Waals surface area contributed by atoms with Crippen molar-refractivity contribution in [3.63, 3.8) is 0 Å². The molecule has 21 heavy (non-hydrogen) atoms. The minimum absolute atomic E-state index is 0.0302. The zero-order chi connectivity index (χ0) is 15.2. The number of amides is 1. The smallest absolute Gasteiger partial charge is 0.224 e. The minimum Gasteiger partial charge on any atom is -0.508 e. The summed E-state index contributed by atoms with van der Waals surface area (Å²) in [6.07, 6.45) is 0.316. The highest BCUT2D eigenvalue weighted by Gasteiger charge is 2.04. The maximum Gasteiger partial charge on any atom is 0.224 e. The van der Waals surface area contributed by atoms with Crippen molar-refractivity contribution in [1.29, 1.82) is 0 Å². The van der Waals surface area contributed by atoms with E-state index in [9.17, 15) is 9.90 Å². The Bertz CT molecular complexity index is 589. The summed E-state index contributed by atoms with van der Waals surface area (Å²) in [5.41, 5.74) is 3.09. The zero-order valence-electron chi connectivity index (χ0n) is 12.3. The molecule has 0 aliphatic rings. The second kappa shape index (κ2) is 6.79. The molecule has 0 unspecified atom stereocenters. The fourth-order valence-corrected chi connectivity index (χ4v) is 1.97. The molecule has 0 saturated carbocycles. The summed E-state index contributed by atoms with van der Waals surface area (Å²) >= 11 is 0. The molecule has 0 aromatic heterocycles. The molecule has 2 rings (SSSR count). The molecule has 0 atom stereocenters. The van der Waals surface area contributed by atoms with Gasteiger partial charge in [0.1, 0.15) is 5.75 Å². The highest BCUT2D eigenvalue weighted by Crippen LogP contribution is 2.12. The summed E-state index contributed by atoms with van der Waals surface area (Å²) in [7, 11) is 3.99. The summed E-state index contributed by atoms with van der Waals surface area (Å²) in [6, 6.07) is 14.8. The number of carbonyl (C=O) groups is 1. The maximum atomic E-state index is 11.9. The van der Waals surface area contributed by atoms with Crippen LogP contribution in [0, 0.1) is 0 Å². The minimum atomic E-state index is -0.0302. The number of nitrogens with one attached hydrogen (secondary N) is 1. The third-order valence-electron chi connectivity index (χ3n) is 3.24. The number of rotatable bonds is 5. The summed E-state index contributed by atoms with van der Waals surface area (Å²) in [4.78, 5) is 13.9. The first-order valence-corrected chi connectivity index (χ1v) is 6.85. The van der Waals surface area contributed by atoms with Gasteiger partial charge in [-0.05, 0) is 35.4 Å². The molecule has 2 aromatic rings. The molecule has 1 amide bonds. The fourth-order valence-electron chi connectivity index (χ4n) is 1.97. The first kappa shape index (κ1) is 14.9. The van der Waals surface area contributed by atoms with Gasteiger partial charge in [-0.1, -0.05) is 24.3 Å². The monoisotopic (exact) mass is 284 g/mol. The van der Waals surface area contributed by atoms with Crippen LogP contribution in [0.1, 0.15) is 11.1 Å². The molecule has 4 heteroatoms. The van der Waals surface area contributed by atoms with Crippen LogP contribution < -0.4 is 10.2 Å². The molecule has 0 saturated heterocycles. The summed E-state index contributed by atoms with van der Waals surface area (Å²) in [5, 5.41) is 12.1. The highest BCUT2D eigenvalue weighted by molar-refractivity contribution is 5.78. The predicted molar refractivity (Wildman–Crippen MR) is 84.4 cm³/mol. The van der Waals surface area contributed by atoms with E-state index in [-0.39, 0.29) is 11.7 Å². The number of benzene rings is 2. The molecule has 0 heterocycles. The first-order chi connectivity index (χ1) is 10.0. The van der Waals surface area contributed by atoms with Crippen LogP contribution in [-0.2, 0) is 17.8 Å². The predicted octanol–water partition coefficient (Wildman–Crippen LogP) is 2.32. The molecule has 0 spiro atoms. The van der Waals surface area contributed by atoms with E-state index in [0.29, 0.717) is 13.0 Å². The Labute approximate surface area is 125 Å². The van der Waals surface area contributed by atoms with Gasteiger partial charge in [0, 0.05) is 26.3 Å². The molecule has 2 N–H and O–H groups in total. The lowest BCUT2D eigenvalue weighted by molar-refractivity contribution is -0.120. The van der Waals surface area contributed by atoms with Gasteiger partial charge in [0.2, 0.25) is 5.91 Å². The van der Waals surface area contributed by atoms with E-state index in [1.54, 1.807) is 24.3 Å². The van der Waals surface area contributed by atoms with E-state index in [2.05, 4.69) is 5.32 Å². The van der Waals surface area contributed by atoms with Gasteiger partial charge in [0.05, 0.1) is 6.42 Å². The topological polar surface area (TPSA) is 52.6 Å². The van der Waals surface area contributed by atoms with Gasteiger partial charge in [-0.3, -0.25) is 4.79 Å². The van der Waals surface area contributed by atoms with Crippen molar-refractivity contribution in [2.45, 2.75) is 13.0 Å². The van der Waals surface area contributed by atoms with Crippen molar-refractivity contribution in [3.8, 4) is 5.75 Å². The molecular formula is C17H20N2O2. The van der Waals surface area contributed by atoms with Gasteiger partial charge in [-0.25, -0.2) is 0 Å². The molecule has 0 fully saturated rings. The summed E-state index contributed by atoms with van der Waals surface area (Å²) < 4.78 is 0. The van der Waals surface area contributed by atoms with Gasteiger partial charge >= 0.3 is 0 Å². The molecular weight excluding hydrogens is 264 g/mol. The average Bonchev–Trinajstić information content (AvgIpc) is 2.48. The number of phenolic OH excluding ortho intramolecular Hbond substituents is 1. The van der Waals surface area contributed by atoms with Crippen molar-refractivity contribution in [2.75, 3.05) is 19.0 Å². The van der Waals surface area contributed by atoms with Crippen LogP contribution in [0.4, 0.5) is 5.69 Å². The molecule has 110 valence electrons. The van der Waals surface area contributed by atoms with Crippen molar-refractivity contribution < 1.29 is 9.90 Å². The second-order valence-corrected chi connectivity index (χ2v) is 5.18. The van der Waals surface area contributed by atoms with Crippen molar-refractivity contribution in [3.05, 3.63) is 59.7 Å². The normalized spacial score (nSPS) is 10.2. The Hall–Kier alpha value is -2.49. The Morgan fingerprint density at radius 1 is 1.00 bits per heavy atom. The number of nitrogens with zero attached hydrogens (tertiary/aromatic N) is 1. The van der Waals surface area contributed by atoms with E-state index >= 15 is 0 Å². The number of anilines is 1. The van der Waals surface area contributed by atoms with Crippen molar-refractivity contribution in [1.82, 2.24) is 5.32 Å². The Kier molecular flexibility index (Phi) is 4.82. The largest absolute Gasteiger partial charge is 0.508 e. The number of hydrogen-bond donors (Lipinski definition) is 2. The number of phenols is 1. The molecule has 0 aliphatic heterocycles. The quantitative estimate of drug-likeness (QED) is 0.886. The lowest BCUT2D eigenvalue weighted by Crippen LogP contribution is -2.24. The van der Waals surface area contributed by atoms with Crippen LogP contribution in [0.15, 0.2) is 48.5 Å². The van der Waals surface area contributed by atoms with Gasteiger partial charge in [0.25, 0.3) is 0 Å². The Balaban J connectivity index is 1.84. The van der Waals surface area contributed by atoms with E-state index in [1.807, 2.05) is 43.3 Å². The third kappa shape index (κ3) is 4.53. The zero-order valence-corrected chi connectivity index (χ0v) is 12.3. The van der Waals surface area contributed by atoms with Crippen LogP contribution >= 0.6 is 0 Å². The van der Waals surface area contributed by atoms with Crippen LogP contribution in [0.2, 0.25) is 0 Å². The van der Waals surface area contributed by atoms with Crippen LogP contribution in [-0.4, -0.2) is 25.1 Å². The lowest BCUT2D eigenvalue weighted by atomic mass is 10.1. The van der Waals surface area contributed by atoms with E-state index < -0.39 is 0 Å². The standard InChI is InChI=1S/C17H20N2O2/c1-19(2)15-7-3-14(4-8-15)12-18-17(21)11-13-5-9-16(20)10-6-13/h3-10,20H,11-12H2,1-2H3,(H,18,21). The fraction of sp³-hybridized carbons (Fsp3) is 0.235. The molecule has 2 aromatic carbocycles. The van der Waals surface area contributed by atoms with E-state index in [0.717, 1.165) is 16.8 Å². The molecule has 0 bridgehead atoms. The van der Waals surface area contributed by atoms with E-state index in [1.165, 1.54) is 0 Å². The number of aromatic hydroxyl groups is 1. The van der Waals surface area contributed by atoms with Gasteiger partial charge in [0.15, 0.2) is 0 Å². The van der Waals surface area contributed by atoms with E-state index in [4.69, 9.17) is 0 Å². The first-order valence-electron chi connectivity index (χ1n) is 6.85. The maximum absolute atomic E-state index is 11.9. The van der Waals surface area contributed by atoms with Crippen LogP contribution in [0.5, 0.6) is 5.75 Å². The van der Waals surface area contributed by atoms with Gasteiger partial charge in [-0.15, -0.1) is 0 Å². The SMILES string of the molecule is CN(C)c1ccc(CNC(=O)Cc2ccc(O)cc2)cc1.